The van der Waals surface area contributed by atoms with Crippen LogP contribution in [0.5, 0.6) is 0 Å². The molecule has 0 aliphatic heterocycles. The Labute approximate surface area is 140 Å². The number of thiazole rings is 1. The fourth-order valence-electron chi connectivity index (χ4n) is 1.89. The highest BCUT2D eigenvalue weighted by atomic mass is 79.9. The summed E-state index contributed by atoms with van der Waals surface area (Å²) in [5.74, 6) is -0.106. The highest BCUT2D eigenvalue weighted by Crippen LogP contribution is 2.22. The molecule has 0 saturated heterocycles. The van der Waals surface area contributed by atoms with Crippen molar-refractivity contribution in [1.29, 1.82) is 0 Å². The molecule has 2 heterocycles. The first-order chi connectivity index (χ1) is 10.7. The summed E-state index contributed by atoms with van der Waals surface area (Å²) in [6.45, 7) is 0.413. The maximum Gasteiger partial charge on any atom is 0.251 e. The van der Waals surface area contributed by atoms with Crippen LogP contribution in [0.25, 0.3) is 10.6 Å². The van der Waals surface area contributed by atoms with E-state index >= 15 is 0 Å². The average molecular weight is 374 g/mol. The lowest BCUT2D eigenvalue weighted by Crippen LogP contribution is -2.22. The first kappa shape index (κ1) is 14.9. The molecule has 0 unspecified atom stereocenters. The number of nitrogens with zero attached hydrogens (tertiary/aromatic N) is 2. The molecular weight excluding hydrogens is 362 g/mol. The van der Waals surface area contributed by atoms with E-state index in [0.717, 1.165) is 20.7 Å². The Morgan fingerprint density at radius 3 is 2.59 bits per heavy atom. The summed E-state index contributed by atoms with van der Waals surface area (Å²) in [5, 5.41) is 5.76. The fraction of sp³-hybridized carbons (Fsp3) is 0.0625. The highest BCUT2D eigenvalue weighted by molar-refractivity contribution is 9.10. The van der Waals surface area contributed by atoms with Gasteiger partial charge >= 0.3 is 0 Å². The van der Waals surface area contributed by atoms with Crippen molar-refractivity contribution in [1.82, 2.24) is 15.3 Å². The van der Waals surface area contributed by atoms with Gasteiger partial charge in [-0.1, -0.05) is 15.9 Å². The zero-order chi connectivity index (χ0) is 15.4. The van der Waals surface area contributed by atoms with Crippen molar-refractivity contribution < 1.29 is 4.79 Å². The molecule has 0 atom stereocenters. The standard InChI is InChI=1S/C16H12BrN3OS/c17-13-3-1-11(2-4-13)15(21)19-9-14-10-22-16(20-14)12-5-7-18-8-6-12/h1-8,10H,9H2,(H,19,21). The lowest BCUT2D eigenvalue weighted by atomic mass is 10.2. The second-order valence-electron chi connectivity index (χ2n) is 4.57. The minimum atomic E-state index is -0.106. The zero-order valence-electron chi connectivity index (χ0n) is 11.5. The predicted octanol–water partition coefficient (Wildman–Crippen LogP) is 3.90. The number of benzene rings is 1. The quantitative estimate of drug-likeness (QED) is 0.754. The maximum atomic E-state index is 12.0. The van der Waals surface area contributed by atoms with Crippen LogP contribution in [-0.4, -0.2) is 15.9 Å². The molecule has 6 heteroatoms. The maximum absolute atomic E-state index is 12.0. The van der Waals surface area contributed by atoms with Crippen molar-refractivity contribution in [2.45, 2.75) is 6.54 Å². The smallest absolute Gasteiger partial charge is 0.251 e. The van der Waals surface area contributed by atoms with Crippen molar-refractivity contribution in [2.75, 3.05) is 0 Å². The fourth-order valence-corrected chi connectivity index (χ4v) is 2.98. The van der Waals surface area contributed by atoms with Crippen molar-refractivity contribution in [3.05, 3.63) is 69.9 Å². The van der Waals surface area contributed by atoms with E-state index in [0.29, 0.717) is 12.1 Å². The van der Waals surface area contributed by atoms with Crippen molar-refractivity contribution in [3.8, 4) is 10.6 Å². The summed E-state index contributed by atoms with van der Waals surface area (Å²) in [6.07, 6.45) is 3.48. The number of amides is 1. The van der Waals surface area contributed by atoms with Gasteiger partial charge in [0.05, 0.1) is 12.2 Å². The Morgan fingerprint density at radius 2 is 1.86 bits per heavy atom. The van der Waals surface area contributed by atoms with Crippen LogP contribution in [0.2, 0.25) is 0 Å². The molecule has 22 heavy (non-hydrogen) atoms. The predicted molar refractivity (Wildman–Crippen MR) is 90.7 cm³/mol. The molecule has 3 rings (SSSR count). The average Bonchev–Trinajstić information content (AvgIpc) is 3.03. The number of hydrogen-bond donors (Lipinski definition) is 1. The summed E-state index contributed by atoms with van der Waals surface area (Å²) in [5.41, 5.74) is 2.51. The zero-order valence-corrected chi connectivity index (χ0v) is 13.9. The third-order valence-electron chi connectivity index (χ3n) is 3.02. The Kier molecular flexibility index (Phi) is 4.60. The molecule has 0 aliphatic carbocycles. The van der Waals surface area contributed by atoms with Crippen LogP contribution < -0.4 is 5.32 Å². The van der Waals surface area contributed by atoms with E-state index in [-0.39, 0.29) is 5.91 Å². The normalized spacial score (nSPS) is 10.4. The van der Waals surface area contributed by atoms with Crippen molar-refractivity contribution >= 4 is 33.2 Å². The molecule has 0 aliphatic rings. The Hall–Kier alpha value is -2.05. The van der Waals surface area contributed by atoms with Gasteiger partial charge in [-0.05, 0) is 36.4 Å². The number of hydrogen-bond acceptors (Lipinski definition) is 4. The molecule has 4 nitrogen and oxygen atoms in total. The van der Waals surface area contributed by atoms with Gasteiger partial charge in [0.1, 0.15) is 5.01 Å². The lowest BCUT2D eigenvalue weighted by molar-refractivity contribution is 0.0950. The minimum Gasteiger partial charge on any atom is -0.346 e. The van der Waals surface area contributed by atoms with Gasteiger partial charge in [0.15, 0.2) is 0 Å². The monoisotopic (exact) mass is 373 g/mol. The molecule has 0 spiro atoms. The van der Waals surface area contributed by atoms with Crippen molar-refractivity contribution in [3.63, 3.8) is 0 Å². The molecule has 1 aromatic carbocycles. The van der Waals surface area contributed by atoms with Gasteiger partial charge in [-0.2, -0.15) is 0 Å². The Morgan fingerprint density at radius 1 is 1.14 bits per heavy atom. The van der Waals surface area contributed by atoms with Gasteiger partial charge in [-0.25, -0.2) is 4.98 Å². The van der Waals surface area contributed by atoms with Gasteiger partial charge in [0, 0.05) is 33.4 Å². The molecule has 0 bridgehead atoms. The number of carbonyl (C=O) groups is 1. The van der Waals surface area contributed by atoms with Crippen LogP contribution in [0.4, 0.5) is 0 Å². The van der Waals surface area contributed by atoms with Crippen LogP contribution in [0.1, 0.15) is 16.1 Å². The number of rotatable bonds is 4. The van der Waals surface area contributed by atoms with E-state index in [1.807, 2.05) is 29.6 Å². The third-order valence-corrected chi connectivity index (χ3v) is 4.48. The van der Waals surface area contributed by atoms with E-state index in [2.05, 4.69) is 31.2 Å². The van der Waals surface area contributed by atoms with Crippen LogP contribution in [-0.2, 0) is 6.54 Å². The van der Waals surface area contributed by atoms with Gasteiger partial charge in [-0.3, -0.25) is 9.78 Å². The molecule has 1 N–H and O–H groups in total. The number of nitrogens with one attached hydrogen (secondary N) is 1. The topological polar surface area (TPSA) is 54.9 Å². The second-order valence-corrected chi connectivity index (χ2v) is 6.34. The van der Waals surface area contributed by atoms with Crippen molar-refractivity contribution in [2.24, 2.45) is 0 Å². The molecule has 2 aromatic heterocycles. The molecule has 1 amide bonds. The first-order valence-corrected chi connectivity index (χ1v) is 8.28. The summed E-state index contributed by atoms with van der Waals surface area (Å²) in [6, 6.07) is 11.1. The molecular formula is C16H12BrN3OS. The third kappa shape index (κ3) is 3.58. The van der Waals surface area contributed by atoms with Crippen LogP contribution in [0, 0.1) is 0 Å². The van der Waals surface area contributed by atoms with E-state index in [1.54, 1.807) is 35.9 Å². The van der Waals surface area contributed by atoms with Crippen LogP contribution >= 0.6 is 27.3 Å². The van der Waals surface area contributed by atoms with E-state index in [9.17, 15) is 4.79 Å². The highest BCUT2D eigenvalue weighted by Gasteiger charge is 2.08. The Balaban J connectivity index is 1.64. The Bertz CT molecular complexity index is 772. The largest absolute Gasteiger partial charge is 0.346 e. The summed E-state index contributed by atoms with van der Waals surface area (Å²) >= 11 is 4.91. The van der Waals surface area contributed by atoms with Crippen LogP contribution in [0.15, 0.2) is 58.6 Å². The molecule has 110 valence electrons. The van der Waals surface area contributed by atoms with E-state index in [1.165, 1.54) is 0 Å². The SMILES string of the molecule is O=C(NCc1csc(-c2ccncc2)n1)c1ccc(Br)cc1. The minimum absolute atomic E-state index is 0.106. The van der Waals surface area contributed by atoms with Gasteiger partial charge < -0.3 is 5.32 Å². The summed E-state index contributed by atoms with van der Waals surface area (Å²) in [7, 11) is 0. The molecule has 0 radical (unpaired) electrons. The number of pyridine rings is 1. The second kappa shape index (κ2) is 6.81. The lowest BCUT2D eigenvalue weighted by Gasteiger charge is -2.03. The van der Waals surface area contributed by atoms with Gasteiger partial charge in [0.25, 0.3) is 5.91 Å². The first-order valence-electron chi connectivity index (χ1n) is 6.61. The molecule has 3 aromatic rings. The number of aromatic nitrogens is 2. The summed E-state index contributed by atoms with van der Waals surface area (Å²) < 4.78 is 0.950. The van der Waals surface area contributed by atoms with Crippen LogP contribution in [0.3, 0.4) is 0 Å². The van der Waals surface area contributed by atoms with E-state index in [4.69, 9.17) is 0 Å². The molecule has 0 fully saturated rings. The van der Waals surface area contributed by atoms with Gasteiger partial charge in [0.2, 0.25) is 0 Å². The molecule has 0 saturated carbocycles. The number of carbonyl (C=O) groups excluding carboxylic acids is 1. The van der Waals surface area contributed by atoms with Gasteiger partial charge in [-0.15, -0.1) is 11.3 Å². The summed E-state index contributed by atoms with van der Waals surface area (Å²) in [4.78, 5) is 20.6. The number of halogens is 1. The van der Waals surface area contributed by atoms with E-state index < -0.39 is 0 Å².